The SMILES string of the molecule is Cc1c(N2C(=O)CN(CCc3ccccc3)C2=O)cccc1C(F)(F)F. The number of benzene rings is 2. The van der Waals surface area contributed by atoms with Gasteiger partial charge in [0.15, 0.2) is 0 Å². The zero-order valence-electron chi connectivity index (χ0n) is 14.1. The van der Waals surface area contributed by atoms with Crippen molar-refractivity contribution >= 4 is 17.6 Å². The number of imide groups is 1. The zero-order valence-corrected chi connectivity index (χ0v) is 14.1. The number of rotatable bonds is 4. The highest BCUT2D eigenvalue weighted by molar-refractivity contribution is 6.20. The van der Waals surface area contributed by atoms with Gasteiger partial charge < -0.3 is 4.90 Å². The number of urea groups is 1. The lowest BCUT2D eigenvalue weighted by molar-refractivity contribution is -0.138. The fourth-order valence-electron chi connectivity index (χ4n) is 3.04. The number of carbonyl (C=O) groups excluding carboxylic acids is 2. The molecular formula is C19H17F3N2O2. The number of anilines is 1. The average molecular weight is 362 g/mol. The van der Waals surface area contributed by atoms with Gasteiger partial charge in [0.2, 0.25) is 0 Å². The van der Waals surface area contributed by atoms with Crippen molar-refractivity contribution in [1.29, 1.82) is 0 Å². The molecule has 0 spiro atoms. The van der Waals surface area contributed by atoms with E-state index in [9.17, 15) is 22.8 Å². The predicted octanol–water partition coefficient (Wildman–Crippen LogP) is 4.03. The van der Waals surface area contributed by atoms with Crippen LogP contribution < -0.4 is 4.90 Å². The molecule has 4 nitrogen and oxygen atoms in total. The standard InChI is InChI=1S/C19H17F3N2O2/c1-13-15(19(20,21)22)8-5-9-16(13)24-17(25)12-23(18(24)26)11-10-14-6-3-2-4-7-14/h2-9H,10-12H2,1H3. The minimum absolute atomic E-state index is 0.0166. The summed E-state index contributed by atoms with van der Waals surface area (Å²) >= 11 is 0. The van der Waals surface area contributed by atoms with Crippen LogP contribution in [0.4, 0.5) is 23.7 Å². The van der Waals surface area contributed by atoms with Crippen molar-refractivity contribution in [3.8, 4) is 0 Å². The maximum absolute atomic E-state index is 13.1. The summed E-state index contributed by atoms with van der Waals surface area (Å²) in [5.41, 5.74) is 0.0171. The number of alkyl halides is 3. The minimum atomic E-state index is -4.54. The van der Waals surface area contributed by atoms with Crippen molar-refractivity contribution in [3.05, 3.63) is 65.2 Å². The second-order valence-corrected chi connectivity index (χ2v) is 6.12. The molecule has 3 rings (SSSR count). The maximum Gasteiger partial charge on any atom is 0.416 e. The number of hydrogen-bond donors (Lipinski definition) is 0. The van der Waals surface area contributed by atoms with E-state index in [1.54, 1.807) is 0 Å². The van der Waals surface area contributed by atoms with Crippen molar-refractivity contribution in [2.75, 3.05) is 18.0 Å². The van der Waals surface area contributed by atoms with E-state index in [4.69, 9.17) is 0 Å². The molecule has 7 heteroatoms. The monoisotopic (exact) mass is 362 g/mol. The maximum atomic E-state index is 13.1. The number of amides is 3. The molecule has 0 N–H and O–H groups in total. The largest absolute Gasteiger partial charge is 0.416 e. The Labute approximate surface area is 148 Å². The van der Waals surface area contributed by atoms with Crippen molar-refractivity contribution < 1.29 is 22.8 Å². The van der Waals surface area contributed by atoms with Crippen LogP contribution in [0.3, 0.4) is 0 Å². The summed E-state index contributed by atoms with van der Waals surface area (Å²) in [6.07, 6.45) is -3.98. The summed E-state index contributed by atoms with van der Waals surface area (Å²) in [4.78, 5) is 27.1. The fraction of sp³-hybridized carbons (Fsp3) is 0.263. The van der Waals surface area contributed by atoms with Gasteiger partial charge in [0.1, 0.15) is 6.54 Å². The van der Waals surface area contributed by atoms with E-state index >= 15 is 0 Å². The molecule has 0 bridgehead atoms. The van der Waals surface area contributed by atoms with Gasteiger partial charge in [-0.2, -0.15) is 13.2 Å². The molecule has 1 heterocycles. The average Bonchev–Trinajstić information content (AvgIpc) is 2.87. The molecular weight excluding hydrogens is 345 g/mol. The molecule has 1 fully saturated rings. The fourth-order valence-corrected chi connectivity index (χ4v) is 3.04. The Hall–Kier alpha value is -2.83. The van der Waals surface area contributed by atoms with Crippen LogP contribution in [-0.4, -0.2) is 29.9 Å². The number of carbonyl (C=O) groups is 2. The molecule has 0 aromatic heterocycles. The molecule has 1 aliphatic heterocycles. The quantitative estimate of drug-likeness (QED) is 0.771. The van der Waals surface area contributed by atoms with Gasteiger partial charge in [-0.3, -0.25) is 4.79 Å². The first-order chi connectivity index (χ1) is 12.3. The first-order valence-electron chi connectivity index (χ1n) is 8.11. The molecule has 0 aliphatic carbocycles. The number of halogens is 3. The Morgan fingerprint density at radius 3 is 2.35 bits per heavy atom. The van der Waals surface area contributed by atoms with Gasteiger partial charge in [0.05, 0.1) is 11.3 Å². The molecule has 0 unspecified atom stereocenters. The van der Waals surface area contributed by atoms with Gasteiger partial charge in [-0.1, -0.05) is 36.4 Å². The summed E-state index contributed by atoms with van der Waals surface area (Å²) < 4.78 is 39.3. The van der Waals surface area contributed by atoms with Crippen LogP contribution in [0, 0.1) is 6.92 Å². The van der Waals surface area contributed by atoms with Gasteiger partial charge in [-0.25, -0.2) is 9.69 Å². The van der Waals surface area contributed by atoms with Crippen molar-refractivity contribution in [2.45, 2.75) is 19.5 Å². The molecule has 1 saturated heterocycles. The van der Waals surface area contributed by atoms with Gasteiger partial charge >= 0.3 is 12.2 Å². The minimum Gasteiger partial charge on any atom is -0.314 e. The lowest BCUT2D eigenvalue weighted by atomic mass is 10.1. The van der Waals surface area contributed by atoms with Gasteiger partial charge in [-0.15, -0.1) is 0 Å². The second-order valence-electron chi connectivity index (χ2n) is 6.12. The van der Waals surface area contributed by atoms with E-state index in [0.29, 0.717) is 13.0 Å². The molecule has 0 radical (unpaired) electrons. The highest BCUT2D eigenvalue weighted by Crippen LogP contribution is 2.36. The molecule has 0 saturated carbocycles. The number of nitrogens with zero attached hydrogens (tertiary/aromatic N) is 2. The van der Waals surface area contributed by atoms with E-state index in [1.807, 2.05) is 30.3 Å². The third kappa shape index (κ3) is 3.42. The van der Waals surface area contributed by atoms with Crippen LogP contribution in [0.2, 0.25) is 0 Å². The number of hydrogen-bond acceptors (Lipinski definition) is 2. The first-order valence-corrected chi connectivity index (χ1v) is 8.11. The second kappa shape index (κ2) is 6.82. The lowest BCUT2D eigenvalue weighted by Crippen LogP contribution is -2.34. The summed E-state index contributed by atoms with van der Waals surface area (Å²) in [7, 11) is 0. The zero-order chi connectivity index (χ0) is 18.9. The molecule has 2 aromatic carbocycles. The normalized spacial score (nSPS) is 15.1. The van der Waals surface area contributed by atoms with E-state index in [2.05, 4.69) is 0 Å². The summed E-state index contributed by atoms with van der Waals surface area (Å²) in [6.45, 7) is 1.45. The molecule has 136 valence electrons. The van der Waals surface area contributed by atoms with Crippen molar-refractivity contribution in [3.63, 3.8) is 0 Å². The van der Waals surface area contributed by atoms with Gasteiger partial charge in [0.25, 0.3) is 5.91 Å². The van der Waals surface area contributed by atoms with Crippen molar-refractivity contribution in [2.24, 2.45) is 0 Å². The van der Waals surface area contributed by atoms with Crippen LogP contribution in [0.15, 0.2) is 48.5 Å². The van der Waals surface area contributed by atoms with Crippen LogP contribution in [0.1, 0.15) is 16.7 Å². The van der Waals surface area contributed by atoms with Crippen LogP contribution in [0.5, 0.6) is 0 Å². The third-order valence-electron chi connectivity index (χ3n) is 4.40. The Kier molecular flexibility index (Phi) is 4.71. The van der Waals surface area contributed by atoms with Crippen LogP contribution in [-0.2, 0) is 17.4 Å². The van der Waals surface area contributed by atoms with E-state index in [0.717, 1.165) is 16.5 Å². The third-order valence-corrected chi connectivity index (χ3v) is 4.40. The Bertz CT molecular complexity index is 834. The smallest absolute Gasteiger partial charge is 0.314 e. The van der Waals surface area contributed by atoms with Gasteiger partial charge in [-0.05, 0) is 36.6 Å². The molecule has 1 aliphatic rings. The molecule has 0 atom stereocenters. The summed E-state index contributed by atoms with van der Waals surface area (Å²) in [5.74, 6) is -0.523. The predicted molar refractivity (Wildman–Crippen MR) is 90.8 cm³/mol. The topological polar surface area (TPSA) is 40.6 Å². The molecule has 2 aromatic rings. The Balaban J connectivity index is 1.82. The van der Waals surface area contributed by atoms with E-state index in [-0.39, 0.29) is 17.8 Å². The van der Waals surface area contributed by atoms with Crippen LogP contribution >= 0.6 is 0 Å². The first kappa shape index (κ1) is 18.0. The van der Waals surface area contributed by atoms with Gasteiger partial charge in [0, 0.05) is 6.54 Å². The van der Waals surface area contributed by atoms with E-state index in [1.165, 1.54) is 24.0 Å². The lowest BCUT2D eigenvalue weighted by Gasteiger charge is -2.20. The highest BCUT2D eigenvalue weighted by atomic mass is 19.4. The summed E-state index contributed by atoms with van der Waals surface area (Å²) in [5, 5.41) is 0. The Morgan fingerprint density at radius 1 is 1.00 bits per heavy atom. The van der Waals surface area contributed by atoms with Crippen molar-refractivity contribution in [1.82, 2.24) is 4.90 Å². The Morgan fingerprint density at radius 2 is 1.69 bits per heavy atom. The highest BCUT2D eigenvalue weighted by Gasteiger charge is 2.40. The van der Waals surface area contributed by atoms with E-state index < -0.39 is 23.7 Å². The summed E-state index contributed by atoms with van der Waals surface area (Å²) in [6, 6.07) is 12.4. The van der Waals surface area contributed by atoms with Crippen LogP contribution in [0.25, 0.3) is 0 Å². The molecule has 26 heavy (non-hydrogen) atoms. The molecule has 3 amide bonds.